The molecule has 1 aromatic carbocycles. The molecule has 1 aliphatic rings. The minimum atomic E-state index is -0.901. The fourth-order valence-electron chi connectivity index (χ4n) is 2.98. The van der Waals surface area contributed by atoms with Crippen LogP contribution in [0.4, 0.5) is 0 Å². The normalized spacial score (nSPS) is 15.8. The molecule has 0 unspecified atom stereocenters. The molecule has 0 saturated carbocycles. The summed E-state index contributed by atoms with van der Waals surface area (Å²) in [6.45, 7) is 4.29. The van der Waals surface area contributed by atoms with Crippen LogP contribution in [0.5, 0.6) is 5.75 Å². The van der Waals surface area contributed by atoms with Gasteiger partial charge in [-0.15, -0.1) is 0 Å². The van der Waals surface area contributed by atoms with Gasteiger partial charge in [0.05, 0.1) is 34.0 Å². The van der Waals surface area contributed by atoms with Gasteiger partial charge in [-0.2, -0.15) is 0 Å². The van der Waals surface area contributed by atoms with Crippen molar-refractivity contribution in [1.82, 2.24) is 15.5 Å². The van der Waals surface area contributed by atoms with Crippen molar-refractivity contribution >= 4 is 17.8 Å². The van der Waals surface area contributed by atoms with Gasteiger partial charge >= 0.3 is 5.97 Å². The SMILES string of the molecule is CC=C(NC(=O)CN1CCOCC1)C(=O)N[C@@H](Cc1ccc(OC)cc1)C(=O)OC. The lowest BCUT2D eigenvalue weighted by Gasteiger charge is -2.26. The lowest BCUT2D eigenvalue weighted by molar-refractivity contribution is -0.144. The molecular weight excluding hydrogens is 390 g/mol. The largest absolute Gasteiger partial charge is 0.497 e. The smallest absolute Gasteiger partial charge is 0.328 e. The van der Waals surface area contributed by atoms with Crippen LogP contribution in [0.3, 0.4) is 0 Å². The van der Waals surface area contributed by atoms with Crippen LogP contribution in [0, 0.1) is 0 Å². The van der Waals surface area contributed by atoms with E-state index in [2.05, 4.69) is 10.6 Å². The molecule has 30 heavy (non-hydrogen) atoms. The van der Waals surface area contributed by atoms with Crippen molar-refractivity contribution in [3.05, 3.63) is 41.6 Å². The Labute approximate surface area is 176 Å². The van der Waals surface area contributed by atoms with E-state index in [1.54, 1.807) is 26.2 Å². The molecular formula is C21H29N3O6. The molecule has 9 nitrogen and oxygen atoms in total. The number of allylic oxidation sites excluding steroid dienone is 1. The van der Waals surface area contributed by atoms with Gasteiger partial charge in [0.15, 0.2) is 0 Å². The Morgan fingerprint density at radius 3 is 2.40 bits per heavy atom. The fraction of sp³-hybridized carbons (Fsp3) is 0.476. The molecule has 0 aliphatic carbocycles. The Balaban J connectivity index is 1.97. The van der Waals surface area contributed by atoms with Crippen LogP contribution in [0.1, 0.15) is 12.5 Å². The summed E-state index contributed by atoms with van der Waals surface area (Å²) >= 11 is 0. The topological polar surface area (TPSA) is 106 Å². The average Bonchev–Trinajstić information content (AvgIpc) is 2.77. The first-order valence-electron chi connectivity index (χ1n) is 9.74. The first-order chi connectivity index (χ1) is 14.5. The number of nitrogens with one attached hydrogen (secondary N) is 2. The summed E-state index contributed by atoms with van der Waals surface area (Å²) in [5, 5.41) is 5.26. The van der Waals surface area contributed by atoms with Gasteiger partial charge in [0, 0.05) is 19.5 Å². The van der Waals surface area contributed by atoms with Gasteiger partial charge in [-0.05, 0) is 24.6 Å². The van der Waals surface area contributed by atoms with Crippen LogP contribution >= 0.6 is 0 Å². The molecule has 1 aliphatic heterocycles. The van der Waals surface area contributed by atoms with Crippen LogP contribution in [-0.2, 0) is 30.3 Å². The summed E-state index contributed by atoms with van der Waals surface area (Å²) in [5.74, 6) is -0.743. The number of methoxy groups -OCH3 is 2. The maximum Gasteiger partial charge on any atom is 0.328 e. The summed E-state index contributed by atoms with van der Waals surface area (Å²) in [4.78, 5) is 39.1. The van der Waals surface area contributed by atoms with E-state index < -0.39 is 17.9 Å². The molecule has 1 heterocycles. The van der Waals surface area contributed by atoms with Crippen LogP contribution in [0.15, 0.2) is 36.0 Å². The predicted octanol–water partition coefficient (Wildman–Crippen LogP) is 0.248. The summed E-state index contributed by atoms with van der Waals surface area (Å²) in [5.41, 5.74) is 0.904. The highest BCUT2D eigenvalue weighted by Gasteiger charge is 2.24. The quantitative estimate of drug-likeness (QED) is 0.436. The first-order valence-corrected chi connectivity index (χ1v) is 9.74. The van der Waals surface area contributed by atoms with Gasteiger partial charge in [0.25, 0.3) is 5.91 Å². The van der Waals surface area contributed by atoms with Gasteiger partial charge in [-0.1, -0.05) is 18.2 Å². The van der Waals surface area contributed by atoms with Crippen molar-refractivity contribution in [2.75, 3.05) is 47.1 Å². The molecule has 0 aromatic heterocycles. The van der Waals surface area contributed by atoms with Crippen molar-refractivity contribution in [3.8, 4) is 5.75 Å². The number of carbonyl (C=O) groups is 3. The molecule has 164 valence electrons. The van der Waals surface area contributed by atoms with E-state index in [1.165, 1.54) is 13.2 Å². The lowest BCUT2D eigenvalue weighted by atomic mass is 10.1. The van der Waals surface area contributed by atoms with Crippen molar-refractivity contribution in [3.63, 3.8) is 0 Å². The van der Waals surface area contributed by atoms with Crippen LogP contribution in [0.2, 0.25) is 0 Å². The number of nitrogens with zero attached hydrogens (tertiary/aromatic N) is 1. The number of ether oxygens (including phenoxy) is 3. The molecule has 1 fully saturated rings. The first kappa shape index (κ1) is 23.4. The second-order valence-electron chi connectivity index (χ2n) is 6.74. The van der Waals surface area contributed by atoms with Gasteiger partial charge < -0.3 is 24.8 Å². The van der Waals surface area contributed by atoms with Crippen molar-refractivity contribution < 1.29 is 28.6 Å². The summed E-state index contributed by atoms with van der Waals surface area (Å²) in [6, 6.07) is 6.26. The minimum Gasteiger partial charge on any atom is -0.497 e. The second-order valence-corrected chi connectivity index (χ2v) is 6.74. The van der Waals surface area contributed by atoms with E-state index in [1.807, 2.05) is 17.0 Å². The monoisotopic (exact) mass is 419 g/mol. The Morgan fingerprint density at radius 1 is 1.17 bits per heavy atom. The summed E-state index contributed by atoms with van der Waals surface area (Å²) < 4.78 is 15.2. The molecule has 1 saturated heterocycles. The van der Waals surface area contributed by atoms with E-state index in [4.69, 9.17) is 14.2 Å². The molecule has 9 heteroatoms. The average molecular weight is 419 g/mol. The maximum atomic E-state index is 12.7. The van der Waals surface area contributed by atoms with Gasteiger partial charge in [0.2, 0.25) is 5.91 Å². The van der Waals surface area contributed by atoms with Gasteiger partial charge in [0.1, 0.15) is 17.5 Å². The van der Waals surface area contributed by atoms with E-state index >= 15 is 0 Å². The number of hydrogen-bond acceptors (Lipinski definition) is 7. The highest BCUT2D eigenvalue weighted by Crippen LogP contribution is 2.13. The number of morpholine rings is 1. The Bertz CT molecular complexity index is 757. The van der Waals surface area contributed by atoms with Crippen LogP contribution in [0.25, 0.3) is 0 Å². The third-order valence-electron chi connectivity index (χ3n) is 4.67. The zero-order valence-corrected chi connectivity index (χ0v) is 17.6. The molecule has 2 N–H and O–H groups in total. The molecule has 2 amide bonds. The second kappa shape index (κ2) is 11.9. The molecule has 1 atom stereocenters. The number of esters is 1. The molecule has 0 spiro atoms. The highest BCUT2D eigenvalue weighted by molar-refractivity contribution is 5.99. The van der Waals surface area contributed by atoms with E-state index in [0.717, 1.165) is 5.56 Å². The number of amides is 2. The van der Waals surface area contributed by atoms with Gasteiger partial charge in [-0.25, -0.2) is 4.79 Å². The van der Waals surface area contributed by atoms with E-state index in [-0.39, 0.29) is 24.6 Å². The van der Waals surface area contributed by atoms with Crippen molar-refractivity contribution in [1.29, 1.82) is 0 Å². The molecule has 1 aromatic rings. The van der Waals surface area contributed by atoms with Gasteiger partial charge in [-0.3, -0.25) is 14.5 Å². The van der Waals surface area contributed by atoms with Crippen molar-refractivity contribution in [2.24, 2.45) is 0 Å². The third kappa shape index (κ3) is 7.16. The van der Waals surface area contributed by atoms with E-state index in [9.17, 15) is 14.4 Å². The van der Waals surface area contributed by atoms with Crippen LogP contribution in [-0.4, -0.2) is 75.8 Å². The van der Waals surface area contributed by atoms with Crippen LogP contribution < -0.4 is 15.4 Å². The Morgan fingerprint density at radius 2 is 1.83 bits per heavy atom. The number of carbonyl (C=O) groups excluding carboxylic acids is 3. The Kier molecular flexibility index (Phi) is 9.30. The lowest BCUT2D eigenvalue weighted by Crippen LogP contribution is -2.48. The number of hydrogen-bond donors (Lipinski definition) is 2. The van der Waals surface area contributed by atoms with Crippen molar-refractivity contribution in [2.45, 2.75) is 19.4 Å². The fourth-order valence-corrected chi connectivity index (χ4v) is 2.98. The number of rotatable bonds is 9. The maximum absolute atomic E-state index is 12.7. The Hall–Kier alpha value is -2.91. The highest BCUT2D eigenvalue weighted by atomic mass is 16.5. The minimum absolute atomic E-state index is 0.0805. The predicted molar refractivity (Wildman–Crippen MR) is 110 cm³/mol. The summed E-state index contributed by atoms with van der Waals surface area (Å²) in [6.07, 6.45) is 1.73. The molecule has 0 bridgehead atoms. The standard InChI is InChI=1S/C21H29N3O6/c1-4-17(22-19(25)14-24-9-11-30-12-10-24)20(26)23-18(21(27)29-3)13-15-5-7-16(28-2)8-6-15/h4-8,18H,9-14H2,1-3H3,(H,22,25)(H,23,26)/t18-/m0/s1. The van der Waals surface area contributed by atoms with E-state index in [0.29, 0.717) is 32.1 Å². The zero-order valence-electron chi connectivity index (χ0n) is 17.6. The summed E-state index contributed by atoms with van der Waals surface area (Å²) in [7, 11) is 2.83. The molecule has 0 radical (unpaired) electrons. The number of benzene rings is 1. The zero-order chi connectivity index (χ0) is 21.9. The third-order valence-corrected chi connectivity index (χ3v) is 4.67. The molecule has 2 rings (SSSR count).